The fourth-order valence-electron chi connectivity index (χ4n) is 1.86. The molecule has 0 aliphatic carbocycles. The van der Waals surface area contributed by atoms with Gasteiger partial charge in [0.1, 0.15) is 0 Å². The molecule has 104 valence electrons. The van der Waals surface area contributed by atoms with Gasteiger partial charge in [0.05, 0.1) is 0 Å². The van der Waals surface area contributed by atoms with E-state index in [1.54, 1.807) is 24.4 Å². The quantitative estimate of drug-likeness (QED) is 0.611. The maximum atomic E-state index is 12.0. The maximum Gasteiger partial charge on any atom is 0.290 e. The van der Waals surface area contributed by atoms with Gasteiger partial charge in [0.2, 0.25) is 0 Å². The number of carbonyl (C=O) groups excluding carboxylic acids is 2. The summed E-state index contributed by atoms with van der Waals surface area (Å²) in [5, 5.41) is 8.25. The van der Waals surface area contributed by atoms with Gasteiger partial charge in [-0.05, 0) is 35.7 Å². The number of benzene rings is 1. The van der Waals surface area contributed by atoms with Crippen molar-refractivity contribution in [2.45, 2.75) is 0 Å². The molecule has 1 aromatic carbocycles. The van der Waals surface area contributed by atoms with E-state index in [1.165, 1.54) is 12.3 Å². The minimum Gasteiger partial charge on any atom is -0.361 e. The fraction of sp³-hybridized carbons (Fsp3) is 0. The number of aromatic nitrogens is 3. The summed E-state index contributed by atoms with van der Waals surface area (Å²) >= 11 is 0. The summed E-state index contributed by atoms with van der Waals surface area (Å²) in [5.41, 5.74) is 6.03. The van der Waals surface area contributed by atoms with Crippen molar-refractivity contribution in [1.29, 1.82) is 0 Å². The molecule has 0 radical (unpaired) electrons. The Morgan fingerprint density at radius 3 is 2.71 bits per heavy atom. The molecule has 0 spiro atoms. The highest BCUT2D eigenvalue weighted by Gasteiger charge is 2.10. The van der Waals surface area contributed by atoms with Gasteiger partial charge >= 0.3 is 0 Å². The fourth-order valence-corrected chi connectivity index (χ4v) is 1.86. The SMILES string of the molecule is O=C(NNC(=O)c1cccnn1)c1ccc2cc[nH]c2c1. The molecule has 3 N–H and O–H groups in total. The Bertz CT molecular complexity index is 797. The van der Waals surface area contributed by atoms with Crippen LogP contribution in [-0.2, 0) is 0 Å². The van der Waals surface area contributed by atoms with Crippen molar-refractivity contribution in [3.63, 3.8) is 0 Å². The topological polar surface area (TPSA) is 99.8 Å². The van der Waals surface area contributed by atoms with Crippen molar-refractivity contribution in [1.82, 2.24) is 26.0 Å². The zero-order valence-electron chi connectivity index (χ0n) is 10.8. The summed E-state index contributed by atoms with van der Waals surface area (Å²) in [7, 11) is 0. The van der Waals surface area contributed by atoms with Crippen LogP contribution in [0.1, 0.15) is 20.8 Å². The predicted octanol–water partition coefficient (Wildman–Crippen LogP) is 1.03. The molecule has 7 heteroatoms. The first-order valence-corrected chi connectivity index (χ1v) is 6.19. The number of aromatic amines is 1. The van der Waals surface area contributed by atoms with Crippen LogP contribution in [0.3, 0.4) is 0 Å². The molecular weight excluding hydrogens is 270 g/mol. The highest BCUT2D eigenvalue weighted by Crippen LogP contribution is 2.13. The molecular formula is C14H11N5O2. The molecule has 0 saturated carbocycles. The van der Waals surface area contributed by atoms with Crippen molar-refractivity contribution < 1.29 is 9.59 Å². The van der Waals surface area contributed by atoms with Gasteiger partial charge in [-0.15, -0.1) is 5.10 Å². The van der Waals surface area contributed by atoms with E-state index in [4.69, 9.17) is 0 Å². The van der Waals surface area contributed by atoms with E-state index in [0.717, 1.165) is 10.9 Å². The first-order chi connectivity index (χ1) is 10.2. The second-order valence-corrected chi connectivity index (χ2v) is 4.30. The molecule has 0 fully saturated rings. The minimum atomic E-state index is -0.530. The molecule has 2 aromatic heterocycles. The van der Waals surface area contributed by atoms with Gasteiger partial charge in [0.15, 0.2) is 5.69 Å². The number of hydrogen-bond acceptors (Lipinski definition) is 4. The highest BCUT2D eigenvalue weighted by atomic mass is 16.2. The van der Waals surface area contributed by atoms with Gasteiger partial charge < -0.3 is 4.98 Å². The molecule has 0 unspecified atom stereocenters. The van der Waals surface area contributed by atoms with E-state index in [9.17, 15) is 9.59 Å². The zero-order valence-corrected chi connectivity index (χ0v) is 10.8. The van der Waals surface area contributed by atoms with E-state index in [-0.39, 0.29) is 5.69 Å². The lowest BCUT2D eigenvalue weighted by atomic mass is 10.1. The summed E-state index contributed by atoms with van der Waals surface area (Å²) < 4.78 is 0. The molecule has 0 atom stereocenters. The molecule has 21 heavy (non-hydrogen) atoms. The number of hydrazine groups is 1. The predicted molar refractivity (Wildman–Crippen MR) is 75.3 cm³/mol. The standard InChI is InChI=1S/C14H11N5O2/c20-13(10-4-3-9-5-7-15-12(9)8-10)18-19-14(21)11-2-1-6-16-17-11/h1-8,15H,(H,18,20)(H,19,21). The lowest BCUT2D eigenvalue weighted by molar-refractivity contribution is 0.0843. The Hall–Kier alpha value is -3.22. The van der Waals surface area contributed by atoms with E-state index < -0.39 is 11.8 Å². The zero-order chi connectivity index (χ0) is 14.7. The average Bonchev–Trinajstić information content (AvgIpc) is 3.00. The van der Waals surface area contributed by atoms with E-state index in [2.05, 4.69) is 26.0 Å². The maximum absolute atomic E-state index is 12.0. The smallest absolute Gasteiger partial charge is 0.290 e. The first kappa shape index (κ1) is 12.8. The van der Waals surface area contributed by atoms with E-state index in [1.807, 2.05) is 12.1 Å². The summed E-state index contributed by atoms with van der Waals surface area (Å²) in [6, 6.07) is 10.2. The third kappa shape index (κ3) is 2.71. The minimum absolute atomic E-state index is 0.123. The van der Waals surface area contributed by atoms with Crippen LogP contribution in [0, 0.1) is 0 Å². The first-order valence-electron chi connectivity index (χ1n) is 6.19. The number of rotatable bonds is 2. The molecule has 7 nitrogen and oxygen atoms in total. The van der Waals surface area contributed by atoms with E-state index in [0.29, 0.717) is 5.56 Å². The van der Waals surface area contributed by atoms with Gasteiger partial charge in [0, 0.05) is 23.5 Å². The Labute approximate surface area is 119 Å². The van der Waals surface area contributed by atoms with Crippen molar-refractivity contribution in [3.8, 4) is 0 Å². The molecule has 2 amide bonds. The van der Waals surface area contributed by atoms with Gasteiger partial charge in [-0.1, -0.05) is 6.07 Å². The third-order valence-corrected chi connectivity index (χ3v) is 2.91. The second kappa shape index (κ2) is 5.41. The Morgan fingerprint density at radius 1 is 1.05 bits per heavy atom. The summed E-state index contributed by atoms with van der Waals surface area (Å²) in [6.45, 7) is 0. The summed E-state index contributed by atoms with van der Waals surface area (Å²) in [5.74, 6) is -0.943. The number of amides is 2. The second-order valence-electron chi connectivity index (χ2n) is 4.30. The Balaban J connectivity index is 1.67. The van der Waals surface area contributed by atoms with Crippen LogP contribution in [0.2, 0.25) is 0 Å². The van der Waals surface area contributed by atoms with Crippen LogP contribution in [0.25, 0.3) is 10.9 Å². The molecule has 3 rings (SSSR count). The van der Waals surface area contributed by atoms with Crippen LogP contribution in [-0.4, -0.2) is 27.0 Å². The van der Waals surface area contributed by atoms with Gasteiger partial charge in [0.25, 0.3) is 11.8 Å². The Morgan fingerprint density at radius 2 is 1.90 bits per heavy atom. The molecule has 3 aromatic rings. The number of nitrogens with one attached hydrogen (secondary N) is 3. The third-order valence-electron chi connectivity index (χ3n) is 2.91. The largest absolute Gasteiger partial charge is 0.361 e. The molecule has 2 heterocycles. The highest BCUT2D eigenvalue weighted by molar-refractivity contribution is 6.00. The molecule has 0 aliphatic heterocycles. The number of hydrogen-bond donors (Lipinski definition) is 3. The lowest BCUT2D eigenvalue weighted by Gasteiger charge is -2.06. The van der Waals surface area contributed by atoms with Gasteiger partial charge in [-0.25, -0.2) is 0 Å². The van der Waals surface area contributed by atoms with Crippen LogP contribution in [0.4, 0.5) is 0 Å². The Kier molecular flexibility index (Phi) is 3.30. The summed E-state index contributed by atoms with van der Waals surface area (Å²) in [4.78, 5) is 26.7. The van der Waals surface area contributed by atoms with Crippen LogP contribution in [0.5, 0.6) is 0 Å². The average molecular weight is 281 g/mol. The van der Waals surface area contributed by atoms with Crippen LogP contribution >= 0.6 is 0 Å². The van der Waals surface area contributed by atoms with Gasteiger partial charge in [-0.3, -0.25) is 20.4 Å². The summed E-state index contributed by atoms with van der Waals surface area (Å²) in [6.07, 6.45) is 3.25. The number of nitrogens with zero attached hydrogens (tertiary/aromatic N) is 2. The van der Waals surface area contributed by atoms with Crippen LogP contribution in [0.15, 0.2) is 48.8 Å². The normalized spacial score (nSPS) is 10.3. The van der Waals surface area contributed by atoms with E-state index >= 15 is 0 Å². The lowest BCUT2D eigenvalue weighted by Crippen LogP contribution is -2.42. The molecule has 0 aliphatic rings. The monoisotopic (exact) mass is 281 g/mol. The van der Waals surface area contributed by atoms with Crippen molar-refractivity contribution >= 4 is 22.7 Å². The molecule has 0 saturated heterocycles. The molecule has 0 bridgehead atoms. The van der Waals surface area contributed by atoms with Crippen molar-refractivity contribution in [3.05, 3.63) is 60.0 Å². The number of fused-ring (bicyclic) bond motifs is 1. The number of carbonyl (C=O) groups is 2. The van der Waals surface area contributed by atoms with Crippen molar-refractivity contribution in [2.24, 2.45) is 0 Å². The van der Waals surface area contributed by atoms with Crippen molar-refractivity contribution in [2.75, 3.05) is 0 Å². The number of H-pyrrole nitrogens is 1. The van der Waals surface area contributed by atoms with Gasteiger partial charge in [-0.2, -0.15) is 5.10 Å². The van der Waals surface area contributed by atoms with Crippen LogP contribution < -0.4 is 10.9 Å².